The number of esters is 3. The van der Waals surface area contributed by atoms with Crippen molar-refractivity contribution in [3.8, 4) is 0 Å². The fourth-order valence-corrected chi connectivity index (χ4v) is 5.82. The number of hydrogen-bond donors (Lipinski definition) is 0. The molecule has 0 radical (unpaired) electrons. The van der Waals surface area contributed by atoms with Gasteiger partial charge >= 0.3 is 17.9 Å². The highest BCUT2D eigenvalue weighted by atomic mass is 16.6. The molecule has 6 nitrogen and oxygen atoms in total. The normalized spacial score (nSPS) is 12.8. The molecule has 0 aliphatic heterocycles. The molecule has 0 saturated heterocycles. The van der Waals surface area contributed by atoms with E-state index in [1.165, 1.54) is 70.6 Å². The van der Waals surface area contributed by atoms with E-state index in [4.69, 9.17) is 14.2 Å². The van der Waals surface area contributed by atoms with Gasteiger partial charge in [-0.3, -0.25) is 14.4 Å². The lowest BCUT2D eigenvalue weighted by atomic mass is 10.1. The lowest BCUT2D eigenvalue weighted by molar-refractivity contribution is -0.167. The van der Waals surface area contributed by atoms with Gasteiger partial charge in [-0.15, -0.1) is 0 Å². The van der Waals surface area contributed by atoms with Gasteiger partial charge in [0.15, 0.2) is 6.10 Å². The van der Waals surface area contributed by atoms with Crippen LogP contribution in [0, 0.1) is 0 Å². The standard InChI is InChI=1S/C51H84O6/c1-4-7-10-13-16-19-22-23-24-25-26-27-30-32-35-38-41-44-50(53)56-47-48(57-51(54)45-42-39-36-33-29-21-18-15-12-9-6-3)46-55-49(52)43-40-37-34-31-28-20-17-14-11-8-5-2/h14-15,17-18,20-21,23-24,26-29,32,35,48H,4-13,16,19,22,25,30-31,33-34,36-47H2,1-3H3/b17-14-,18-15-,24-23-,27-26-,28-20-,29-21-,35-32-. The van der Waals surface area contributed by atoms with E-state index in [2.05, 4.69) is 106 Å². The van der Waals surface area contributed by atoms with Gasteiger partial charge in [-0.05, 0) is 89.9 Å². The van der Waals surface area contributed by atoms with Gasteiger partial charge in [0.05, 0.1) is 0 Å². The maximum Gasteiger partial charge on any atom is 0.306 e. The molecule has 0 aliphatic rings. The van der Waals surface area contributed by atoms with Gasteiger partial charge in [0.1, 0.15) is 13.2 Å². The average Bonchev–Trinajstić information content (AvgIpc) is 3.21. The van der Waals surface area contributed by atoms with Crippen molar-refractivity contribution < 1.29 is 28.6 Å². The lowest BCUT2D eigenvalue weighted by Gasteiger charge is -2.18. The first kappa shape index (κ1) is 53.6. The minimum absolute atomic E-state index is 0.118. The van der Waals surface area contributed by atoms with Crippen molar-refractivity contribution in [2.24, 2.45) is 0 Å². The van der Waals surface area contributed by atoms with Crippen molar-refractivity contribution in [2.45, 2.75) is 207 Å². The molecule has 6 heteroatoms. The second-order valence-corrected chi connectivity index (χ2v) is 15.0. The number of carbonyl (C=O) groups is 3. The molecule has 57 heavy (non-hydrogen) atoms. The molecule has 0 aromatic rings. The van der Waals surface area contributed by atoms with E-state index < -0.39 is 6.10 Å². The molecular formula is C51H84O6. The van der Waals surface area contributed by atoms with Crippen LogP contribution in [0.1, 0.15) is 201 Å². The topological polar surface area (TPSA) is 78.9 Å². The van der Waals surface area contributed by atoms with E-state index >= 15 is 0 Å². The number of hydrogen-bond acceptors (Lipinski definition) is 6. The summed E-state index contributed by atoms with van der Waals surface area (Å²) in [6.45, 7) is 6.40. The molecule has 0 spiro atoms. The van der Waals surface area contributed by atoms with E-state index in [9.17, 15) is 14.4 Å². The Kier molecular flexibility index (Phi) is 42.6. The Balaban J connectivity index is 4.51. The van der Waals surface area contributed by atoms with Crippen molar-refractivity contribution in [1.29, 1.82) is 0 Å². The minimum Gasteiger partial charge on any atom is -0.462 e. The van der Waals surface area contributed by atoms with Crippen LogP contribution in [0.25, 0.3) is 0 Å². The summed E-state index contributed by atoms with van der Waals surface area (Å²) in [5.74, 6) is -1.04. The molecule has 0 saturated carbocycles. The fourth-order valence-electron chi connectivity index (χ4n) is 5.82. The quantitative estimate of drug-likeness (QED) is 0.0202. The smallest absolute Gasteiger partial charge is 0.306 e. The van der Waals surface area contributed by atoms with Crippen LogP contribution < -0.4 is 0 Å². The van der Waals surface area contributed by atoms with Crippen LogP contribution >= 0.6 is 0 Å². The first-order valence-corrected chi connectivity index (χ1v) is 23.1. The van der Waals surface area contributed by atoms with Crippen LogP contribution in [-0.4, -0.2) is 37.2 Å². The summed E-state index contributed by atoms with van der Waals surface area (Å²) in [6, 6.07) is 0. The zero-order valence-corrected chi connectivity index (χ0v) is 36.8. The zero-order chi connectivity index (χ0) is 41.5. The largest absolute Gasteiger partial charge is 0.462 e. The van der Waals surface area contributed by atoms with Crippen LogP contribution in [0.15, 0.2) is 85.1 Å². The molecule has 0 N–H and O–H groups in total. The molecule has 1 atom stereocenters. The van der Waals surface area contributed by atoms with E-state index in [0.29, 0.717) is 12.8 Å². The van der Waals surface area contributed by atoms with Gasteiger partial charge in [-0.2, -0.15) is 0 Å². The Morgan fingerprint density at radius 2 is 0.719 bits per heavy atom. The van der Waals surface area contributed by atoms with Gasteiger partial charge in [-0.25, -0.2) is 0 Å². The zero-order valence-electron chi connectivity index (χ0n) is 36.8. The Morgan fingerprint density at radius 3 is 1.21 bits per heavy atom. The van der Waals surface area contributed by atoms with E-state index in [0.717, 1.165) is 83.5 Å². The van der Waals surface area contributed by atoms with Gasteiger partial charge in [0, 0.05) is 19.3 Å². The number of allylic oxidation sites excluding steroid dienone is 14. The molecule has 0 bridgehead atoms. The number of carbonyl (C=O) groups excluding carboxylic acids is 3. The first-order valence-electron chi connectivity index (χ1n) is 23.1. The van der Waals surface area contributed by atoms with Crippen LogP contribution in [0.3, 0.4) is 0 Å². The maximum absolute atomic E-state index is 12.7. The summed E-state index contributed by atoms with van der Waals surface area (Å²) in [4.78, 5) is 37.7. The molecular weight excluding hydrogens is 709 g/mol. The first-order chi connectivity index (χ1) is 28.0. The van der Waals surface area contributed by atoms with Crippen LogP contribution in [0.2, 0.25) is 0 Å². The molecule has 0 rings (SSSR count). The number of unbranched alkanes of at least 4 members (excludes halogenated alkanes) is 17. The Hall–Kier alpha value is -3.41. The summed E-state index contributed by atoms with van der Waals surface area (Å²) < 4.78 is 16.6. The Bertz CT molecular complexity index is 1140. The highest BCUT2D eigenvalue weighted by Gasteiger charge is 2.19. The van der Waals surface area contributed by atoms with Gasteiger partial charge < -0.3 is 14.2 Å². The van der Waals surface area contributed by atoms with E-state index in [1.807, 2.05) is 0 Å². The second-order valence-electron chi connectivity index (χ2n) is 15.0. The third kappa shape index (κ3) is 43.6. The molecule has 0 aromatic heterocycles. The third-order valence-electron chi connectivity index (χ3n) is 9.40. The number of ether oxygens (including phenoxy) is 3. The molecule has 0 amide bonds. The predicted octanol–water partition coefficient (Wildman–Crippen LogP) is 14.9. The molecule has 0 fully saturated rings. The molecule has 0 heterocycles. The predicted molar refractivity (Wildman–Crippen MR) is 242 cm³/mol. The van der Waals surface area contributed by atoms with Crippen molar-refractivity contribution >= 4 is 17.9 Å². The Labute approximate surface area is 350 Å². The lowest BCUT2D eigenvalue weighted by Crippen LogP contribution is -2.30. The Morgan fingerprint density at radius 1 is 0.368 bits per heavy atom. The maximum atomic E-state index is 12.7. The number of rotatable bonds is 40. The third-order valence-corrected chi connectivity index (χ3v) is 9.40. The molecule has 324 valence electrons. The minimum atomic E-state index is -0.819. The summed E-state index contributed by atoms with van der Waals surface area (Å²) in [7, 11) is 0. The van der Waals surface area contributed by atoms with Gasteiger partial charge in [-0.1, -0.05) is 176 Å². The van der Waals surface area contributed by atoms with Crippen LogP contribution in [0.4, 0.5) is 0 Å². The molecule has 0 aromatic carbocycles. The SMILES string of the molecule is CCCC/C=C\C=C/CCCCCC(=O)OCC(COC(=O)CCC/C=C\C/C=C\C/C=C\CCCCCCCC)OC(=O)CCCCC/C=C\C=C/CCCC. The highest BCUT2D eigenvalue weighted by Crippen LogP contribution is 2.11. The fraction of sp³-hybridized carbons (Fsp3) is 0.667. The summed E-state index contributed by atoms with van der Waals surface area (Å²) >= 11 is 0. The van der Waals surface area contributed by atoms with Crippen molar-refractivity contribution in [3.05, 3.63) is 85.1 Å². The summed E-state index contributed by atoms with van der Waals surface area (Å²) in [6.07, 6.45) is 57.2. The van der Waals surface area contributed by atoms with Crippen LogP contribution in [-0.2, 0) is 28.6 Å². The van der Waals surface area contributed by atoms with Crippen LogP contribution in [0.5, 0.6) is 0 Å². The van der Waals surface area contributed by atoms with E-state index in [-0.39, 0.29) is 44.0 Å². The average molecular weight is 793 g/mol. The second kappa shape index (κ2) is 45.3. The van der Waals surface area contributed by atoms with E-state index in [1.54, 1.807) is 0 Å². The highest BCUT2D eigenvalue weighted by molar-refractivity contribution is 5.71. The summed E-state index contributed by atoms with van der Waals surface area (Å²) in [5, 5.41) is 0. The summed E-state index contributed by atoms with van der Waals surface area (Å²) in [5.41, 5.74) is 0. The van der Waals surface area contributed by atoms with Crippen molar-refractivity contribution in [3.63, 3.8) is 0 Å². The van der Waals surface area contributed by atoms with Gasteiger partial charge in [0.2, 0.25) is 0 Å². The van der Waals surface area contributed by atoms with Crippen molar-refractivity contribution in [2.75, 3.05) is 13.2 Å². The monoisotopic (exact) mass is 793 g/mol. The molecule has 1 unspecified atom stereocenters. The van der Waals surface area contributed by atoms with Gasteiger partial charge in [0.25, 0.3) is 0 Å². The molecule has 0 aliphatic carbocycles. The van der Waals surface area contributed by atoms with Crippen molar-refractivity contribution in [1.82, 2.24) is 0 Å².